The summed E-state index contributed by atoms with van der Waals surface area (Å²) in [6.07, 6.45) is 0. The molecule has 18 heavy (non-hydrogen) atoms. The van der Waals surface area contributed by atoms with Gasteiger partial charge in [-0.2, -0.15) is 0 Å². The lowest BCUT2D eigenvalue weighted by Gasteiger charge is -2.04. The predicted molar refractivity (Wildman–Crippen MR) is 65.2 cm³/mol. The van der Waals surface area contributed by atoms with Crippen LogP contribution in [0.1, 0.15) is 22.8 Å². The first-order chi connectivity index (χ1) is 8.54. The lowest BCUT2D eigenvalue weighted by Crippen LogP contribution is -2.34. The summed E-state index contributed by atoms with van der Waals surface area (Å²) in [5.74, 6) is -2.09. The van der Waals surface area contributed by atoms with E-state index in [9.17, 15) is 14.4 Å². The minimum absolute atomic E-state index is 0.135. The van der Waals surface area contributed by atoms with Gasteiger partial charge in [-0.3, -0.25) is 9.59 Å². The molecule has 1 aromatic carbocycles. The summed E-state index contributed by atoms with van der Waals surface area (Å²) in [6.45, 7) is 3.30. The van der Waals surface area contributed by atoms with Gasteiger partial charge in [-0.25, -0.2) is 4.79 Å². The van der Waals surface area contributed by atoms with Crippen LogP contribution in [0.15, 0.2) is 24.3 Å². The van der Waals surface area contributed by atoms with Crippen LogP contribution in [0.5, 0.6) is 0 Å². The van der Waals surface area contributed by atoms with Crippen molar-refractivity contribution in [1.82, 2.24) is 5.32 Å². The van der Waals surface area contributed by atoms with Crippen molar-refractivity contribution in [2.24, 2.45) is 0 Å². The summed E-state index contributed by atoms with van der Waals surface area (Å²) in [5, 5.41) is 2.37. The van der Waals surface area contributed by atoms with Crippen LogP contribution < -0.4 is 5.32 Å². The number of aryl methyl sites for hydroxylation is 1. The van der Waals surface area contributed by atoms with E-state index in [1.807, 2.05) is 6.92 Å². The zero-order chi connectivity index (χ0) is 13.5. The van der Waals surface area contributed by atoms with Gasteiger partial charge in [0.25, 0.3) is 11.7 Å². The van der Waals surface area contributed by atoms with Crippen LogP contribution >= 0.6 is 0 Å². The minimum Gasteiger partial charge on any atom is -0.460 e. The molecule has 1 rings (SSSR count). The molecule has 5 nitrogen and oxygen atoms in total. The van der Waals surface area contributed by atoms with Crippen LogP contribution in [-0.2, 0) is 14.3 Å². The molecule has 0 atom stereocenters. The summed E-state index contributed by atoms with van der Waals surface area (Å²) in [5.41, 5.74) is 1.48. The third-order valence-electron chi connectivity index (χ3n) is 2.23. The third kappa shape index (κ3) is 4.01. The molecule has 1 N–H and O–H groups in total. The number of hydrogen-bond acceptors (Lipinski definition) is 4. The molecule has 0 bridgehead atoms. The number of carbonyl (C=O) groups excluding carboxylic acids is 3. The minimum atomic E-state index is -0.929. The highest BCUT2D eigenvalue weighted by Gasteiger charge is 2.16. The van der Waals surface area contributed by atoms with Gasteiger partial charge < -0.3 is 10.1 Å². The number of Topliss-reactive ketones (excluding diaryl/α,β-unsaturated/α-hetero) is 1. The Balaban J connectivity index is 2.49. The number of nitrogens with one attached hydrogen (secondary N) is 1. The van der Waals surface area contributed by atoms with E-state index >= 15 is 0 Å². The Hall–Kier alpha value is -2.17. The van der Waals surface area contributed by atoms with Crippen LogP contribution in [0.25, 0.3) is 0 Å². The first-order valence-electron chi connectivity index (χ1n) is 5.59. The number of amides is 1. The van der Waals surface area contributed by atoms with Gasteiger partial charge in [0.1, 0.15) is 0 Å². The summed E-state index contributed by atoms with van der Waals surface area (Å²) >= 11 is 0. The molecule has 0 aromatic heterocycles. The number of ketones is 1. The van der Waals surface area contributed by atoms with Gasteiger partial charge in [0.15, 0.2) is 0 Å². The van der Waals surface area contributed by atoms with Crippen molar-refractivity contribution in [1.29, 1.82) is 0 Å². The van der Waals surface area contributed by atoms with Crippen molar-refractivity contribution in [3.63, 3.8) is 0 Å². The number of ether oxygens (including phenoxy) is 1. The molecule has 5 heteroatoms. The Kier molecular flexibility index (Phi) is 5.05. The fraction of sp³-hybridized carbons (Fsp3) is 0.308. The third-order valence-corrected chi connectivity index (χ3v) is 2.23. The molecule has 0 spiro atoms. The van der Waals surface area contributed by atoms with Crippen molar-refractivity contribution in [2.75, 3.05) is 13.2 Å². The lowest BCUT2D eigenvalue weighted by molar-refractivity contribution is -0.153. The molecule has 0 aliphatic heterocycles. The smallest absolute Gasteiger partial charge is 0.376 e. The molecule has 0 aliphatic rings. The van der Waals surface area contributed by atoms with Crippen LogP contribution in [0.2, 0.25) is 0 Å². The standard InChI is InChI=1S/C13H15NO4/c1-3-18-13(17)11(15)8-14-12(16)10-6-4-9(2)5-7-10/h4-7H,3,8H2,1-2H3,(H,14,16). The fourth-order valence-electron chi connectivity index (χ4n) is 1.25. The monoisotopic (exact) mass is 249 g/mol. The van der Waals surface area contributed by atoms with Crippen LogP contribution in [0, 0.1) is 6.92 Å². The molecule has 1 amide bonds. The Bertz CT molecular complexity index is 451. The van der Waals surface area contributed by atoms with E-state index < -0.39 is 17.7 Å². The molecule has 0 heterocycles. The Morgan fingerprint density at radius 2 is 1.78 bits per heavy atom. The topological polar surface area (TPSA) is 72.5 Å². The molecule has 0 fully saturated rings. The quantitative estimate of drug-likeness (QED) is 0.620. The van der Waals surface area contributed by atoms with Gasteiger partial charge in [-0.05, 0) is 26.0 Å². The van der Waals surface area contributed by atoms with E-state index in [0.29, 0.717) is 5.56 Å². The highest BCUT2D eigenvalue weighted by molar-refractivity contribution is 6.34. The summed E-state index contributed by atoms with van der Waals surface area (Å²) in [7, 11) is 0. The van der Waals surface area contributed by atoms with Crippen molar-refractivity contribution in [2.45, 2.75) is 13.8 Å². The van der Waals surface area contributed by atoms with Crippen LogP contribution in [0.4, 0.5) is 0 Å². The zero-order valence-electron chi connectivity index (χ0n) is 10.4. The van der Waals surface area contributed by atoms with Gasteiger partial charge in [-0.1, -0.05) is 17.7 Å². The second-order valence-corrected chi connectivity index (χ2v) is 3.69. The van der Waals surface area contributed by atoms with E-state index in [2.05, 4.69) is 10.1 Å². The van der Waals surface area contributed by atoms with Gasteiger partial charge in [-0.15, -0.1) is 0 Å². The fourth-order valence-corrected chi connectivity index (χ4v) is 1.25. The highest BCUT2D eigenvalue weighted by Crippen LogP contribution is 2.02. The Morgan fingerprint density at radius 3 is 2.33 bits per heavy atom. The average Bonchev–Trinajstić information content (AvgIpc) is 2.36. The molecule has 1 aromatic rings. The van der Waals surface area contributed by atoms with E-state index in [4.69, 9.17) is 0 Å². The summed E-state index contributed by atoms with van der Waals surface area (Å²) in [6, 6.07) is 6.89. The van der Waals surface area contributed by atoms with E-state index in [1.54, 1.807) is 31.2 Å². The summed E-state index contributed by atoms with van der Waals surface area (Å²) in [4.78, 5) is 33.9. The van der Waals surface area contributed by atoms with Gasteiger partial charge in [0.2, 0.25) is 0 Å². The molecular weight excluding hydrogens is 234 g/mol. The van der Waals surface area contributed by atoms with Crippen molar-refractivity contribution in [3.05, 3.63) is 35.4 Å². The lowest BCUT2D eigenvalue weighted by atomic mass is 10.1. The van der Waals surface area contributed by atoms with Gasteiger partial charge >= 0.3 is 5.97 Å². The normalized spacial score (nSPS) is 9.67. The average molecular weight is 249 g/mol. The first kappa shape index (κ1) is 13.9. The second-order valence-electron chi connectivity index (χ2n) is 3.69. The zero-order valence-corrected chi connectivity index (χ0v) is 10.4. The first-order valence-corrected chi connectivity index (χ1v) is 5.59. The molecule has 0 aliphatic carbocycles. The van der Waals surface area contributed by atoms with E-state index in [-0.39, 0.29) is 13.2 Å². The number of esters is 1. The van der Waals surface area contributed by atoms with Crippen molar-refractivity contribution in [3.8, 4) is 0 Å². The van der Waals surface area contributed by atoms with E-state index in [1.165, 1.54) is 0 Å². The Morgan fingerprint density at radius 1 is 1.17 bits per heavy atom. The molecule has 0 unspecified atom stereocenters. The van der Waals surface area contributed by atoms with Crippen LogP contribution in [-0.4, -0.2) is 30.8 Å². The molecule has 96 valence electrons. The number of rotatable bonds is 5. The molecule has 0 radical (unpaired) electrons. The highest BCUT2D eigenvalue weighted by atomic mass is 16.5. The van der Waals surface area contributed by atoms with Crippen LogP contribution in [0.3, 0.4) is 0 Å². The number of benzene rings is 1. The number of carbonyl (C=O) groups is 3. The van der Waals surface area contributed by atoms with Crippen molar-refractivity contribution < 1.29 is 19.1 Å². The largest absolute Gasteiger partial charge is 0.460 e. The molecular formula is C13H15NO4. The maximum atomic E-state index is 11.6. The maximum Gasteiger partial charge on any atom is 0.376 e. The SMILES string of the molecule is CCOC(=O)C(=O)CNC(=O)c1ccc(C)cc1. The predicted octanol–water partition coefficient (Wildman–Crippen LogP) is 0.857. The van der Waals surface area contributed by atoms with Crippen molar-refractivity contribution >= 4 is 17.7 Å². The second kappa shape index (κ2) is 6.54. The van der Waals surface area contributed by atoms with Gasteiger partial charge in [0.05, 0.1) is 13.2 Å². The van der Waals surface area contributed by atoms with Gasteiger partial charge in [0, 0.05) is 5.56 Å². The van der Waals surface area contributed by atoms with E-state index in [0.717, 1.165) is 5.56 Å². The number of hydrogen-bond donors (Lipinski definition) is 1. The maximum absolute atomic E-state index is 11.6. The Labute approximate surface area is 105 Å². The molecule has 0 saturated heterocycles. The summed E-state index contributed by atoms with van der Waals surface area (Å²) < 4.78 is 4.52. The molecule has 0 saturated carbocycles.